The number of nitrogens with zero attached hydrogens (tertiary/aromatic N) is 1. The van der Waals surface area contributed by atoms with E-state index in [0.29, 0.717) is 0 Å². The summed E-state index contributed by atoms with van der Waals surface area (Å²) in [5.41, 5.74) is 1.43. The van der Waals surface area contributed by atoms with Crippen LogP contribution in [0.5, 0.6) is 0 Å². The molecule has 0 radical (unpaired) electrons. The summed E-state index contributed by atoms with van der Waals surface area (Å²) < 4.78 is 26.3. The monoisotopic (exact) mass is 380 g/mol. The first kappa shape index (κ1) is 18.6. The number of halogens is 2. The lowest BCUT2D eigenvalue weighted by molar-refractivity contribution is 0.0908. The van der Waals surface area contributed by atoms with Gasteiger partial charge in [0, 0.05) is 31.2 Å². The summed E-state index contributed by atoms with van der Waals surface area (Å²) >= 11 is 0. The highest BCUT2D eigenvalue weighted by molar-refractivity contribution is 5.94. The van der Waals surface area contributed by atoms with Crippen LogP contribution in [0.1, 0.15) is 28.8 Å². The van der Waals surface area contributed by atoms with Crippen LogP contribution in [0.4, 0.5) is 8.78 Å². The summed E-state index contributed by atoms with van der Waals surface area (Å²) in [5.74, 6) is -2.30. The number of likely N-dealkylation sites (tertiary alicyclic amines) is 1. The lowest BCUT2D eigenvalue weighted by Gasteiger charge is -2.32. The first-order valence-electron chi connectivity index (χ1n) is 9.54. The molecule has 0 aliphatic carbocycles. The van der Waals surface area contributed by atoms with Gasteiger partial charge in [-0.3, -0.25) is 9.69 Å². The Morgan fingerprint density at radius 2 is 1.68 bits per heavy atom. The van der Waals surface area contributed by atoms with Gasteiger partial charge in [0.1, 0.15) is 0 Å². The number of rotatable bonds is 4. The summed E-state index contributed by atoms with van der Waals surface area (Å²) in [4.78, 5) is 14.6. The molecule has 1 N–H and O–H groups in total. The number of amides is 1. The molecule has 0 aromatic heterocycles. The second-order valence-electron chi connectivity index (χ2n) is 7.33. The van der Waals surface area contributed by atoms with Crippen LogP contribution < -0.4 is 5.32 Å². The average molecular weight is 380 g/mol. The molecule has 5 heteroatoms. The maximum Gasteiger partial charge on any atom is 0.251 e. The fraction of sp³-hybridized carbons (Fsp3) is 0.261. The molecule has 1 heterocycles. The van der Waals surface area contributed by atoms with Crippen molar-refractivity contribution in [3.63, 3.8) is 0 Å². The predicted octanol–water partition coefficient (Wildman–Crippen LogP) is 4.51. The Kier molecular flexibility index (Phi) is 5.35. The van der Waals surface area contributed by atoms with E-state index in [4.69, 9.17) is 0 Å². The van der Waals surface area contributed by atoms with Crippen molar-refractivity contribution in [3.05, 3.63) is 83.4 Å². The lowest BCUT2D eigenvalue weighted by atomic mass is 10.0. The van der Waals surface area contributed by atoms with E-state index >= 15 is 0 Å². The summed E-state index contributed by atoms with van der Waals surface area (Å²) in [7, 11) is 0. The van der Waals surface area contributed by atoms with Crippen LogP contribution in [0.3, 0.4) is 0 Å². The molecule has 28 heavy (non-hydrogen) atoms. The van der Waals surface area contributed by atoms with Crippen molar-refractivity contribution < 1.29 is 13.6 Å². The highest BCUT2D eigenvalue weighted by Crippen LogP contribution is 2.19. The van der Waals surface area contributed by atoms with Gasteiger partial charge in [0.25, 0.3) is 5.91 Å². The maximum atomic E-state index is 13.3. The first-order valence-corrected chi connectivity index (χ1v) is 9.54. The Labute approximate surface area is 163 Å². The molecule has 1 amide bonds. The maximum absolute atomic E-state index is 13.3. The van der Waals surface area contributed by atoms with Gasteiger partial charge in [0.05, 0.1) is 0 Å². The second kappa shape index (κ2) is 8.07. The molecule has 3 nitrogen and oxygen atoms in total. The number of hydrogen-bond acceptors (Lipinski definition) is 2. The molecule has 1 aliphatic heterocycles. The summed E-state index contributed by atoms with van der Waals surface area (Å²) in [5, 5.41) is 5.42. The van der Waals surface area contributed by atoms with Crippen LogP contribution in [0.15, 0.2) is 60.7 Å². The molecule has 0 bridgehead atoms. The van der Waals surface area contributed by atoms with E-state index in [1.165, 1.54) is 22.4 Å². The van der Waals surface area contributed by atoms with Crippen LogP contribution in [0.2, 0.25) is 0 Å². The lowest BCUT2D eigenvalue weighted by Crippen LogP contribution is -2.44. The number of fused-ring (bicyclic) bond motifs is 1. The first-order chi connectivity index (χ1) is 13.6. The number of carbonyl (C=O) groups is 1. The molecular weight excluding hydrogens is 358 g/mol. The molecule has 0 unspecified atom stereocenters. The van der Waals surface area contributed by atoms with Gasteiger partial charge in [0.2, 0.25) is 0 Å². The van der Waals surface area contributed by atoms with Crippen molar-refractivity contribution in [2.24, 2.45) is 0 Å². The Balaban J connectivity index is 1.31. The number of carbonyl (C=O) groups excluding carboxylic acids is 1. The normalized spacial score (nSPS) is 15.6. The smallest absolute Gasteiger partial charge is 0.251 e. The Morgan fingerprint density at radius 3 is 2.43 bits per heavy atom. The van der Waals surface area contributed by atoms with Crippen molar-refractivity contribution in [1.29, 1.82) is 0 Å². The van der Waals surface area contributed by atoms with E-state index in [0.717, 1.165) is 44.6 Å². The highest BCUT2D eigenvalue weighted by Gasteiger charge is 2.21. The molecule has 1 saturated heterocycles. The molecule has 0 atom stereocenters. The minimum atomic E-state index is -1.00. The van der Waals surface area contributed by atoms with Gasteiger partial charge < -0.3 is 5.32 Å². The van der Waals surface area contributed by atoms with Crippen LogP contribution >= 0.6 is 0 Å². The highest BCUT2D eigenvalue weighted by atomic mass is 19.2. The molecule has 3 aromatic rings. The average Bonchev–Trinajstić information content (AvgIpc) is 2.71. The van der Waals surface area contributed by atoms with Gasteiger partial charge in [-0.05, 0) is 53.4 Å². The minimum absolute atomic E-state index is 0.0495. The van der Waals surface area contributed by atoms with E-state index in [1.54, 1.807) is 0 Å². The van der Waals surface area contributed by atoms with Crippen LogP contribution in [-0.2, 0) is 6.54 Å². The van der Waals surface area contributed by atoms with Gasteiger partial charge in [-0.25, -0.2) is 8.78 Å². The van der Waals surface area contributed by atoms with E-state index < -0.39 is 11.6 Å². The molecule has 1 aliphatic rings. The van der Waals surface area contributed by atoms with Gasteiger partial charge in [-0.1, -0.05) is 36.4 Å². The van der Waals surface area contributed by atoms with Crippen LogP contribution in [0, 0.1) is 11.6 Å². The Hall–Kier alpha value is -2.79. The zero-order valence-corrected chi connectivity index (χ0v) is 15.5. The Bertz CT molecular complexity index is 997. The standard InChI is InChI=1S/C23H22F2N2O/c24-21-8-7-19(14-22(21)25)23(28)26-20-9-11-27(12-10-20)15-16-5-6-17-3-1-2-4-18(17)13-16/h1-8,13-14,20H,9-12,15H2,(H,26,28). The SMILES string of the molecule is O=C(NC1CCN(Cc2ccc3ccccc3c2)CC1)c1ccc(F)c(F)c1. The third-order valence-corrected chi connectivity index (χ3v) is 5.32. The van der Waals surface area contributed by atoms with Gasteiger partial charge >= 0.3 is 0 Å². The van der Waals surface area contributed by atoms with Gasteiger partial charge in [0.15, 0.2) is 11.6 Å². The zero-order chi connectivity index (χ0) is 19.5. The summed E-state index contributed by atoms with van der Waals surface area (Å²) in [6.45, 7) is 2.65. The van der Waals surface area contributed by atoms with E-state index in [2.05, 4.69) is 40.5 Å². The molecule has 4 rings (SSSR count). The summed E-state index contributed by atoms with van der Waals surface area (Å²) in [6.07, 6.45) is 1.67. The third-order valence-electron chi connectivity index (χ3n) is 5.32. The Morgan fingerprint density at radius 1 is 0.929 bits per heavy atom. The van der Waals surface area contributed by atoms with Crippen LogP contribution in [-0.4, -0.2) is 29.9 Å². The van der Waals surface area contributed by atoms with Crippen molar-refractivity contribution >= 4 is 16.7 Å². The predicted molar refractivity (Wildman–Crippen MR) is 106 cm³/mol. The number of nitrogens with one attached hydrogen (secondary N) is 1. The molecule has 1 fully saturated rings. The number of hydrogen-bond donors (Lipinski definition) is 1. The second-order valence-corrected chi connectivity index (χ2v) is 7.33. The molecule has 0 saturated carbocycles. The van der Waals surface area contributed by atoms with Crippen molar-refractivity contribution in [1.82, 2.24) is 10.2 Å². The fourth-order valence-corrected chi connectivity index (χ4v) is 3.74. The van der Waals surface area contributed by atoms with Gasteiger partial charge in [-0.15, -0.1) is 0 Å². The van der Waals surface area contributed by atoms with E-state index in [1.807, 2.05) is 12.1 Å². The van der Waals surface area contributed by atoms with Crippen molar-refractivity contribution in [2.75, 3.05) is 13.1 Å². The zero-order valence-electron chi connectivity index (χ0n) is 15.5. The largest absolute Gasteiger partial charge is 0.349 e. The minimum Gasteiger partial charge on any atom is -0.349 e. The van der Waals surface area contributed by atoms with Crippen molar-refractivity contribution in [2.45, 2.75) is 25.4 Å². The van der Waals surface area contributed by atoms with E-state index in [9.17, 15) is 13.6 Å². The van der Waals surface area contributed by atoms with E-state index in [-0.39, 0.29) is 17.5 Å². The molecule has 0 spiro atoms. The fourth-order valence-electron chi connectivity index (χ4n) is 3.74. The molecule has 3 aromatic carbocycles. The van der Waals surface area contributed by atoms with Crippen molar-refractivity contribution in [3.8, 4) is 0 Å². The number of piperidine rings is 1. The molecule has 144 valence electrons. The molecular formula is C23H22F2N2O. The third kappa shape index (κ3) is 4.20. The number of benzene rings is 3. The van der Waals surface area contributed by atoms with Gasteiger partial charge in [-0.2, -0.15) is 0 Å². The topological polar surface area (TPSA) is 32.3 Å². The quantitative estimate of drug-likeness (QED) is 0.722. The summed E-state index contributed by atoms with van der Waals surface area (Å²) in [6, 6.07) is 18.2. The van der Waals surface area contributed by atoms with Crippen LogP contribution in [0.25, 0.3) is 10.8 Å².